The van der Waals surface area contributed by atoms with Crippen LogP contribution in [-0.2, 0) is 5.41 Å². The second-order valence-electron chi connectivity index (χ2n) is 3.90. The van der Waals surface area contributed by atoms with Crippen LogP contribution in [0.5, 0.6) is 0 Å². The van der Waals surface area contributed by atoms with Gasteiger partial charge >= 0.3 is 0 Å². The van der Waals surface area contributed by atoms with Gasteiger partial charge in [-0.2, -0.15) is 0 Å². The fourth-order valence-electron chi connectivity index (χ4n) is 1.11. The summed E-state index contributed by atoms with van der Waals surface area (Å²) >= 11 is 1.73. The maximum Gasteiger partial charge on any atom is 0.0904 e. The van der Waals surface area contributed by atoms with Crippen LogP contribution in [0.2, 0.25) is 0 Å². The zero-order valence-corrected chi connectivity index (χ0v) is 8.88. The normalized spacial score (nSPS) is 11.7. The number of hydrogen-bond donors (Lipinski definition) is 2. The first-order valence-corrected chi connectivity index (χ1v) is 4.84. The van der Waals surface area contributed by atoms with Crippen LogP contribution in [0.4, 0.5) is 10.7 Å². The number of nitrogens with two attached hydrogens (primary N) is 1. The minimum absolute atomic E-state index is 0.157. The van der Waals surface area contributed by atoms with Gasteiger partial charge in [-0.1, -0.05) is 20.8 Å². The van der Waals surface area contributed by atoms with Crippen LogP contribution in [0.3, 0.4) is 0 Å². The summed E-state index contributed by atoms with van der Waals surface area (Å²) in [6.45, 7) is 6.53. The molecule has 1 heterocycles. The molecule has 0 bridgehead atoms. The Morgan fingerprint density at radius 1 is 1.42 bits per heavy atom. The molecule has 68 valence electrons. The molecular weight excluding hydrogens is 168 g/mol. The first-order valence-electron chi connectivity index (χ1n) is 4.02. The van der Waals surface area contributed by atoms with Crippen molar-refractivity contribution in [3.05, 3.63) is 10.9 Å². The predicted molar refractivity (Wildman–Crippen MR) is 57.0 cm³/mol. The average Bonchev–Trinajstić information content (AvgIpc) is 2.29. The maximum absolute atomic E-state index is 5.87. The lowest BCUT2D eigenvalue weighted by Gasteiger charge is -2.16. The van der Waals surface area contributed by atoms with Crippen molar-refractivity contribution in [2.45, 2.75) is 26.2 Å². The largest absolute Gasteiger partial charge is 0.398 e. The van der Waals surface area contributed by atoms with E-state index in [1.165, 1.54) is 4.88 Å². The monoisotopic (exact) mass is 184 g/mol. The zero-order valence-electron chi connectivity index (χ0n) is 8.06. The molecule has 12 heavy (non-hydrogen) atoms. The highest BCUT2D eigenvalue weighted by Crippen LogP contribution is 2.37. The Kier molecular flexibility index (Phi) is 2.33. The van der Waals surface area contributed by atoms with Gasteiger partial charge in [-0.05, 0) is 11.5 Å². The third-order valence-corrected chi connectivity index (χ3v) is 3.28. The van der Waals surface area contributed by atoms with E-state index in [2.05, 4.69) is 26.1 Å². The highest BCUT2D eigenvalue weighted by molar-refractivity contribution is 7.16. The second kappa shape index (κ2) is 2.98. The van der Waals surface area contributed by atoms with E-state index < -0.39 is 0 Å². The highest BCUT2D eigenvalue weighted by atomic mass is 32.1. The molecule has 1 aromatic rings. The molecule has 0 saturated carbocycles. The Balaban J connectivity index is 3.08. The fourth-order valence-corrected chi connectivity index (χ4v) is 2.11. The molecule has 0 spiro atoms. The van der Waals surface area contributed by atoms with Crippen LogP contribution < -0.4 is 11.1 Å². The quantitative estimate of drug-likeness (QED) is 0.704. The summed E-state index contributed by atoms with van der Waals surface area (Å²) in [6.07, 6.45) is 0. The lowest BCUT2D eigenvalue weighted by atomic mass is 9.94. The van der Waals surface area contributed by atoms with Crippen molar-refractivity contribution >= 4 is 22.0 Å². The third kappa shape index (κ3) is 1.72. The predicted octanol–water partition coefficient (Wildman–Crippen LogP) is 2.67. The van der Waals surface area contributed by atoms with Gasteiger partial charge in [0.1, 0.15) is 0 Å². The Morgan fingerprint density at radius 2 is 2.00 bits per heavy atom. The molecule has 2 nitrogen and oxygen atoms in total. The maximum atomic E-state index is 5.87. The van der Waals surface area contributed by atoms with Crippen molar-refractivity contribution in [3.63, 3.8) is 0 Å². The van der Waals surface area contributed by atoms with Gasteiger partial charge in [0.2, 0.25) is 0 Å². The van der Waals surface area contributed by atoms with E-state index in [9.17, 15) is 0 Å². The molecule has 0 unspecified atom stereocenters. The summed E-state index contributed by atoms with van der Waals surface area (Å²) in [5, 5.41) is 4.24. The lowest BCUT2D eigenvalue weighted by Crippen LogP contribution is -2.10. The summed E-state index contributed by atoms with van der Waals surface area (Å²) in [5.74, 6) is 0. The molecule has 0 atom stereocenters. The molecule has 0 radical (unpaired) electrons. The Labute approximate surface area is 77.8 Å². The summed E-state index contributed by atoms with van der Waals surface area (Å²) in [5.41, 5.74) is 6.93. The summed E-state index contributed by atoms with van der Waals surface area (Å²) in [6, 6.07) is 1.99. The lowest BCUT2D eigenvalue weighted by molar-refractivity contribution is 0.606. The zero-order chi connectivity index (χ0) is 9.35. The van der Waals surface area contributed by atoms with Crippen LogP contribution in [0.1, 0.15) is 25.6 Å². The number of thiophene rings is 1. The van der Waals surface area contributed by atoms with Crippen LogP contribution in [0.15, 0.2) is 6.07 Å². The number of hydrogen-bond acceptors (Lipinski definition) is 3. The van der Waals surface area contributed by atoms with Gasteiger partial charge in [0, 0.05) is 17.6 Å². The van der Waals surface area contributed by atoms with Crippen molar-refractivity contribution < 1.29 is 0 Å². The molecular formula is C9H16N2S. The minimum atomic E-state index is 0.157. The Hall–Kier alpha value is -0.700. The van der Waals surface area contributed by atoms with E-state index in [4.69, 9.17) is 5.73 Å². The first-order chi connectivity index (χ1) is 5.45. The second-order valence-corrected chi connectivity index (χ2v) is 4.95. The van der Waals surface area contributed by atoms with Gasteiger partial charge in [0.05, 0.1) is 5.00 Å². The van der Waals surface area contributed by atoms with Crippen LogP contribution >= 0.6 is 11.3 Å². The molecule has 0 aromatic carbocycles. The van der Waals surface area contributed by atoms with Gasteiger partial charge in [0.15, 0.2) is 0 Å². The SMILES string of the molecule is CNc1cc(N)c(C(C)(C)C)s1. The molecule has 3 N–H and O–H groups in total. The molecule has 0 fully saturated rings. The van der Waals surface area contributed by atoms with Gasteiger partial charge < -0.3 is 11.1 Å². The van der Waals surface area contributed by atoms with Crippen molar-refractivity contribution in [1.29, 1.82) is 0 Å². The standard InChI is InChI=1S/C9H16N2S/c1-9(2,3)8-6(10)5-7(11-4)12-8/h5,11H,10H2,1-4H3. The van der Waals surface area contributed by atoms with E-state index in [0.29, 0.717) is 0 Å². The molecule has 1 aromatic heterocycles. The van der Waals surface area contributed by atoms with Crippen molar-refractivity contribution in [3.8, 4) is 0 Å². The van der Waals surface area contributed by atoms with Crippen LogP contribution in [0, 0.1) is 0 Å². The molecule has 1 rings (SSSR count). The van der Waals surface area contributed by atoms with Gasteiger partial charge in [0.25, 0.3) is 0 Å². The van der Waals surface area contributed by atoms with E-state index in [1.54, 1.807) is 11.3 Å². The third-order valence-electron chi connectivity index (χ3n) is 1.69. The highest BCUT2D eigenvalue weighted by Gasteiger charge is 2.19. The van der Waals surface area contributed by atoms with Crippen LogP contribution in [-0.4, -0.2) is 7.05 Å². The molecule has 0 aliphatic rings. The molecule has 3 heteroatoms. The van der Waals surface area contributed by atoms with Crippen molar-refractivity contribution in [1.82, 2.24) is 0 Å². The Bertz CT molecular complexity index is 271. The number of nitrogens with one attached hydrogen (secondary N) is 1. The van der Waals surface area contributed by atoms with E-state index >= 15 is 0 Å². The molecule has 0 saturated heterocycles. The van der Waals surface area contributed by atoms with Gasteiger partial charge in [-0.3, -0.25) is 0 Å². The average molecular weight is 184 g/mol. The molecule has 0 amide bonds. The van der Waals surface area contributed by atoms with E-state index in [-0.39, 0.29) is 5.41 Å². The molecule has 0 aliphatic heterocycles. The fraction of sp³-hybridized carbons (Fsp3) is 0.556. The van der Waals surface area contributed by atoms with Crippen LogP contribution in [0.25, 0.3) is 0 Å². The number of anilines is 2. The van der Waals surface area contributed by atoms with Gasteiger partial charge in [-0.25, -0.2) is 0 Å². The van der Waals surface area contributed by atoms with Gasteiger partial charge in [-0.15, -0.1) is 11.3 Å². The van der Waals surface area contributed by atoms with Crippen molar-refractivity contribution in [2.75, 3.05) is 18.1 Å². The molecule has 0 aliphatic carbocycles. The Morgan fingerprint density at radius 3 is 2.25 bits per heavy atom. The summed E-state index contributed by atoms with van der Waals surface area (Å²) < 4.78 is 0. The van der Waals surface area contributed by atoms with E-state index in [0.717, 1.165) is 10.7 Å². The van der Waals surface area contributed by atoms with E-state index in [1.807, 2.05) is 13.1 Å². The summed E-state index contributed by atoms with van der Waals surface area (Å²) in [4.78, 5) is 1.26. The summed E-state index contributed by atoms with van der Waals surface area (Å²) in [7, 11) is 1.91. The first kappa shape index (κ1) is 9.39. The number of rotatable bonds is 1. The number of nitrogen functional groups attached to an aromatic ring is 1. The smallest absolute Gasteiger partial charge is 0.0904 e. The minimum Gasteiger partial charge on any atom is -0.398 e. The topological polar surface area (TPSA) is 38.0 Å². The van der Waals surface area contributed by atoms with Crippen molar-refractivity contribution in [2.24, 2.45) is 0 Å².